The average molecular weight is 383 g/mol. The van der Waals surface area contributed by atoms with E-state index >= 15 is 0 Å². The molecule has 130 valence electrons. The Balaban J connectivity index is 1.36. The van der Waals surface area contributed by atoms with Crippen molar-refractivity contribution in [2.24, 2.45) is 0 Å². The molecule has 1 saturated carbocycles. The van der Waals surface area contributed by atoms with Gasteiger partial charge < -0.3 is 9.84 Å². The maximum absolute atomic E-state index is 12.5. The normalized spacial score (nSPS) is 13.8. The number of H-pyrrole nitrogens is 1. The Hall–Kier alpha value is -2.78. The Bertz CT molecular complexity index is 1060. The SMILES string of the molecule is O=C(Nc1ccsc1-c1nc(C2CC2)no1)c1cc(-c2cccs2)[nH]n1. The summed E-state index contributed by atoms with van der Waals surface area (Å²) in [6.07, 6.45) is 2.22. The van der Waals surface area contributed by atoms with Crippen LogP contribution in [0.2, 0.25) is 0 Å². The number of nitrogens with one attached hydrogen (secondary N) is 2. The van der Waals surface area contributed by atoms with Crippen molar-refractivity contribution in [2.75, 3.05) is 5.32 Å². The Morgan fingerprint density at radius 3 is 3.00 bits per heavy atom. The minimum atomic E-state index is -0.286. The highest BCUT2D eigenvalue weighted by Gasteiger charge is 2.29. The molecule has 0 spiro atoms. The smallest absolute Gasteiger partial charge is 0.276 e. The second-order valence-corrected chi connectivity index (χ2v) is 7.86. The number of thiophene rings is 2. The largest absolute Gasteiger partial charge is 0.333 e. The molecule has 0 bridgehead atoms. The third-order valence-electron chi connectivity index (χ3n) is 4.09. The molecule has 0 atom stereocenters. The van der Waals surface area contributed by atoms with Crippen LogP contribution in [0.3, 0.4) is 0 Å². The summed E-state index contributed by atoms with van der Waals surface area (Å²) in [5.41, 5.74) is 1.79. The van der Waals surface area contributed by atoms with Crippen molar-refractivity contribution in [3.05, 3.63) is 46.5 Å². The van der Waals surface area contributed by atoms with Gasteiger partial charge in [-0.2, -0.15) is 10.1 Å². The number of hydrogen-bond acceptors (Lipinski definition) is 7. The van der Waals surface area contributed by atoms with Gasteiger partial charge in [-0.25, -0.2) is 0 Å². The van der Waals surface area contributed by atoms with E-state index < -0.39 is 0 Å². The molecule has 4 aromatic rings. The molecule has 2 N–H and O–H groups in total. The van der Waals surface area contributed by atoms with Crippen LogP contribution in [0, 0.1) is 0 Å². The molecule has 7 nitrogen and oxygen atoms in total. The molecule has 1 amide bonds. The molecule has 0 aliphatic heterocycles. The van der Waals surface area contributed by atoms with E-state index in [1.165, 1.54) is 11.3 Å². The number of carbonyl (C=O) groups is 1. The van der Waals surface area contributed by atoms with Gasteiger partial charge in [-0.1, -0.05) is 11.2 Å². The molecule has 0 unspecified atom stereocenters. The van der Waals surface area contributed by atoms with E-state index in [4.69, 9.17) is 4.52 Å². The predicted molar refractivity (Wildman–Crippen MR) is 99.4 cm³/mol. The fourth-order valence-corrected chi connectivity index (χ4v) is 4.05. The van der Waals surface area contributed by atoms with E-state index in [1.807, 2.05) is 29.0 Å². The predicted octanol–water partition coefficient (Wildman–Crippen LogP) is 4.38. The summed E-state index contributed by atoms with van der Waals surface area (Å²) in [6, 6.07) is 7.50. The molecule has 5 rings (SSSR count). The lowest BCUT2D eigenvalue weighted by molar-refractivity contribution is 0.102. The van der Waals surface area contributed by atoms with E-state index in [1.54, 1.807) is 17.4 Å². The molecule has 0 saturated heterocycles. The second kappa shape index (κ2) is 6.19. The van der Waals surface area contributed by atoms with Crippen molar-refractivity contribution in [1.82, 2.24) is 20.3 Å². The lowest BCUT2D eigenvalue weighted by Gasteiger charge is -2.01. The average Bonchev–Trinajstić information content (AvgIpc) is 3.18. The zero-order chi connectivity index (χ0) is 17.5. The summed E-state index contributed by atoms with van der Waals surface area (Å²) in [5.74, 6) is 1.33. The molecular formula is C17H13N5O2S2. The van der Waals surface area contributed by atoms with E-state index in [0.717, 1.165) is 34.1 Å². The van der Waals surface area contributed by atoms with Crippen molar-refractivity contribution in [1.29, 1.82) is 0 Å². The Morgan fingerprint density at radius 1 is 1.27 bits per heavy atom. The van der Waals surface area contributed by atoms with Crippen LogP contribution in [-0.4, -0.2) is 26.2 Å². The standard InChI is InChI=1S/C17H13N5O2S2/c23-16(12-8-11(20-21-12)13-2-1-6-25-13)18-10-5-7-26-14(10)17-19-15(22-24-17)9-3-4-9/h1-2,5-9H,3-4H2,(H,18,23)(H,20,21). The van der Waals surface area contributed by atoms with Crippen molar-refractivity contribution in [3.8, 4) is 21.3 Å². The number of rotatable bonds is 5. The topological polar surface area (TPSA) is 96.7 Å². The van der Waals surface area contributed by atoms with Crippen LogP contribution in [0.15, 0.2) is 39.5 Å². The molecule has 1 aliphatic carbocycles. The maximum Gasteiger partial charge on any atom is 0.276 e. The highest BCUT2D eigenvalue weighted by molar-refractivity contribution is 7.14. The molecule has 0 radical (unpaired) electrons. The first-order valence-corrected chi connectivity index (χ1v) is 9.86. The first-order chi connectivity index (χ1) is 12.8. The summed E-state index contributed by atoms with van der Waals surface area (Å²) in [6.45, 7) is 0. The molecule has 1 fully saturated rings. The van der Waals surface area contributed by atoms with Gasteiger partial charge in [0.1, 0.15) is 4.88 Å². The molecule has 4 aromatic heterocycles. The van der Waals surface area contributed by atoms with E-state index in [-0.39, 0.29) is 5.91 Å². The maximum atomic E-state index is 12.5. The summed E-state index contributed by atoms with van der Waals surface area (Å²) in [7, 11) is 0. The van der Waals surface area contributed by atoms with Gasteiger partial charge in [0.05, 0.1) is 16.3 Å². The highest BCUT2D eigenvalue weighted by atomic mass is 32.1. The van der Waals surface area contributed by atoms with E-state index in [2.05, 4.69) is 25.7 Å². The molecular weight excluding hydrogens is 370 g/mol. The van der Waals surface area contributed by atoms with Gasteiger partial charge in [-0.3, -0.25) is 9.89 Å². The Kier molecular flexibility index (Phi) is 3.68. The zero-order valence-corrected chi connectivity index (χ0v) is 15.1. The minimum Gasteiger partial charge on any atom is -0.333 e. The Labute approximate surface area is 156 Å². The van der Waals surface area contributed by atoms with Crippen LogP contribution < -0.4 is 5.32 Å². The molecule has 4 heterocycles. The molecule has 26 heavy (non-hydrogen) atoms. The van der Waals surface area contributed by atoms with Gasteiger partial charge in [0, 0.05) is 5.92 Å². The van der Waals surface area contributed by atoms with Gasteiger partial charge in [-0.05, 0) is 41.8 Å². The van der Waals surface area contributed by atoms with Crippen molar-refractivity contribution >= 4 is 34.3 Å². The summed E-state index contributed by atoms with van der Waals surface area (Å²) in [4.78, 5) is 18.8. The minimum absolute atomic E-state index is 0.286. The lowest BCUT2D eigenvalue weighted by atomic mass is 10.3. The van der Waals surface area contributed by atoms with Gasteiger partial charge >= 0.3 is 0 Å². The second-order valence-electron chi connectivity index (χ2n) is 5.99. The lowest BCUT2D eigenvalue weighted by Crippen LogP contribution is -2.12. The summed E-state index contributed by atoms with van der Waals surface area (Å²) in [5, 5.41) is 17.8. The third kappa shape index (κ3) is 2.85. The van der Waals surface area contributed by atoms with Gasteiger partial charge in [-0.15, -0.1) is 22.7 Å². The number of anilines is 1. The molecule has 0 aromatic carbocycles. The van der Waals surface area contributed by atoms with Crippen LogP contribution in [-0.2, 0) is 0 Å². The van der Waals surface area contributed by atoms with Crippen LogP contribution in [0.4, 0.5) is 5.69 Å². The summed E-state index contributed by atoms with van der Waals surface area (Å²) < 4.78 is 5.37. The third-order valence-corrected chi connectivity index (χ3v) is 5.89. The summed E-state index contributed by atoms with van der Waals surface area (Å²) >= 11 is 3.04. The first-order valence-electron chi connectivity index (χ1n) is 8.10. The molecule has 1 aliphatic rings. The van der Waals surface area contributed by atoms with E-state index in [0.29, 0.717) is 23.2 Å². The molecule has 9 heteroatoms. The van der Waals surface area contributed by atoms with Crippen molar-refractivity contribution < 1.29 is 9.32 Å². The number of amides is 1. The van der Waals surface area contributed by atoms with Crippen LogP contribution >= 0.6 is 22.7 Å². The monoisotopic (exact) mass is 383 g/mol. The van der Waals surface area contributed by atoms with Crippen LogP contribution in [0.1, 0.15) is 35.1 Å². The van der Waals surface area contributed by atoms with Gasteiger partial charge in [0.25, 0.3) is 11.8 Å². The number of hydrogen-bond donors (Lipinski definition) is 2. The fourth-order valence-electron chi connectivity index (χ4n) is 2.59. The van der Waals surface area contributed by atoms with Gasteiger partial charge in [0.15, 0.2) is 11.5 Å². The highest BCUT2D eigenvalue weighted by Crippen LogP contribution is 2.40. The van der Waals surface area contributed by atoms with Crippen molar-refractivity contribution in [2.45, 2.75) is 18.8 Å². The van der Waals surface area contributed by atoms with Gasteiger partial charge in [0.2, 0.25) is 0 Å². The van der Waals surface area contributed by atoms with Crippen LogP contribution in [0.25, 0.3) is 21.3 Å². The first kappa shape index (κ1) is 15.5. The zero-order valence-electron chi connectivity index (χ0n) is 13.4. The number of nitrogens with zero attached hydrogens (tertiary/aromatic N) is 3. The fraction of sp³-hybridized carbons (Fsp3) is 0.176. The number of carbonyl (C=O) groups excluding carboxylic acids is 1. The Morgan fingerprint density at radius 2 is 2.19 bits per heavy atom. The van der Waals surface area contributed by atoms with Crippen molar-refractivity contribution in [3.63, 3.8) is 0 Å². The number of aromatic amines is 1. The number of aromatic nitrogens is 4. The van der Waals surface area contributed by atoms with E-state index in [9.17, 15) is 4.79 Å². The van der Waals surface area contributed by atoms with Crippen LogP contribution in [0.5, 0.6) is 0 Å². The quantitative estimate of drug-likeness (QED) is 0.533.